The number of anilines is 6. The van der Waals surface area contributed by atoms with Crippen LogP contribution >= 0.6 is 0 Å². The molecular formula is C40H36N2O8. The number of rotatable bonds is 12. The molecule has 50 heavy (non-hydrogen) atoms. The van der Waals surface area contributed by atoms with Gasteiger partial charge in [0.1, 0.15) is 0 Å². The van der Waals surface area contributed by atoms with Crippen LogP contribution < -0.4 is 9.80 Å². The fourth-order valence-corrected chi connectivity index (χ4v) is 5.56. The maximum atomic E-state index is 13.9. The van der Waals surface area contributed by atoms with Gasteiger partial charge in [0.25, 0.3) is 0 Å². The van der Waals surface area contributed by atoms with E-state index in [1.54, 1.807) is 78.2 Å². The van der Waals surface area contributed by atoms with E-state index >= 15 is 0 Å². The molecule has 0 aliphatic heterocycles. The van der Waals surface area contributed by atoms with E-state index in [4.69, 9.17) is 18.9 Å². The number of nitrogens with zero attached hydrogens (tertiary/aromatic N) is 2. The van der Waals surface area contributed by atoms with Gasteiger partial charge in [0.2, 0.25) is 0 Å². The zero-order valence-electron chi connectivity index (χ0n) is 28.1. The summed E-state index contributed by atoms with van der Waals surface area (Å²) in [5.74, 6) is -2.62. The molecule has 0 heterocycles. The second-order valence-corrected chi connectivity index (χ2v) is 10.7. The third kappa shape index (κ3) is 7.19. The molecule has 0 aromatic heterocycles. The lowest BCUT2D eigenvalue weighted by atomic mass is 10.00. The maximum Gasteiger partial charge on any atom is 0.340 e. The average molecular weight is 673 g/mol. The zero-order valence-corrected chi connectivity index (χ0v) is 28.1. The van der Waals surface area contributed by atoms with Gasteiger partial charge in [-0.25, -0.2) is 19.2 Å². The number of hydrogen-bond acceptors (Lipinski definition) is 10. The van der Waals surface area contributed by atoms with Crippen LogP contribution in [-0.2, 0) is 18.9 Å². The van der Waals surface area contributed by atoms with Crippen LogP contribution in [0.25, 0.3) is 0 Å². The number of carbonyl (C=O) groups is 4. The van der Waals surface area contributed by atoms with Crippen LogP contribution in [0.5, 0.6) is 0 Å². The Kier molecular flexibility index (Phi) is 11.3. The largest absolute Gasteiger partial charge is 0.465 e. The van der Waals surface area contributed by atoms with Crippen LogP contribution in [0.15, 0.2) is 121 Å². The Morgan fingerprint density at radius 1 is 0.440 bits per heavy atom. The molecule has 254 valence electrons. The van der Waals surface area contributed by atoms with E-state index in [9.17, 15) is 19.2 Å². The fourth-order valence-electron chi connectivity index (χ4n) is 5.56. The summed E-state index contributed by atoms with van der Waals surface area (Å²) in [6, 6.07) is 35.0. The highest BCUT2D eigenvalue weighted by Crippen LogP contribution is 2.46. The van der Waals surface area contributed by atoms with Crippen LogP contribution in [0.2, 0.25) is 0 Å². The average Bonchev–Trinajstić information content (AvgIpc) is 3.16. The summed E-state index contributed by atoms with van der Waals surface area (Å²) < 4.78 is 21.4. The van der Waals surface area contributed by atoms with Crippen LogP contribution in [0.3, 0.4) is 0 Å². The van der Waals surface area contributed by atoms with Crippen molar-refractivity contribution < 1.29 is 38.1 Å². The number of esters is 4. The van der Waals surface area contributed by atoms with Crippen molar-refractivity contribution in [2.75, 3.05) is 37.2 Å². The van der Waals surface area contributed by atoms with Crippen LogP contribution in [0, 0.1) is 0 Å². The first-order valence-corrected chi connectivity index (χ1v) is 15.9. The lowest BCUT2D eigenvalue weighted by molar-refractivity contribution is 0.0523. The monoisotopic (exact) mass is 672 g/mol. The summed E-state index contributed by atoms with van der Waals surface area (Å²) >= 11 is 0. The van der Waals surface area contributed by atoms with Gasteiger partial charge in [0.15, 0.2) is 0 Å². The van der Waals surface area contributed by atoms with Crippen molar-refractivity contribution in [2.45, 2.75) is 13.8 Å². The molecule has 5 aromatic carbocycles. The quantitative estimate of drug-likeness (QED) is 0.0944. The molecule has 5 rings (SSSR count). The van der Waals surface area contributed by atoms with Gasteiger partial charge in [0.05, 0.1) is 72.4 Å². The van der Waals surface area contributed by atoms with Crippen molar-refractivity contribution in [1.82, 2.24) is 0 Å². The van der Waals surface area contributed by atoms with Crippen molar-refractivity contribution in [3.63, 3.8) is 0 Å². The van der Waals surface area contributed by atoms with Gasteiger partial charge >= 0.3 is 23.9 Å². The second-order valence-electron chi connectivity index (χ2n) is 10.7. The molecule has 0 saturated carbocycles. The first-order chi connectivity index (χ1) is 24.3. The molecule has 0 radical (unpaired) electrons. The minimum atomic E-state index is -0.711. The van der Waals surface area contributed by atoms with Crippen molar-refractivity contribution in [3.8, 4) is 0 Å². The molecule has 0 fully saturated rings. The van der Waals surface area contributed by atoms with Crippen LogP contribution in [-0.4, -0.2) is 51.3 Å². The lowest BCUT2D eigenvalue weighted by Gasteiger charge is -2.33. The van der Waals surface area contributed by atoms with Gasteiger partial charge in [-0.3, -0.25) is 0 Å². The van der Waals surface area contributed by atoms with Gasteiger partial charge in [-0.2, -0.15) is 0 Å². The number of benzene rings is 5. The zero-order chi connectivity index (χ0) is 35.6. The molecule has 10 nitrogen and oxygen atoms in total. The summed E-state index contributed by atoms with van der Waals surface area (Å²) in [6.07, 6.45) is 0. The number of hydrogen-bond donors (Lipinski definition) is 0. The Balaban J connectivity index is 1.96. The molecule has 0 spiro atoms. The van der Waals surface area contributed by atoms with Gasteiger partial charge in [0, 0.05) is 11.4 Å². The van der Waals surface area contributed by atoms with Gasteiger partial charge in [-0.1, -0.05) is 60.7 Å². The summed E-state index contributed by atoms with van der Waals surface area (Å²) in [4.78, 5) is 57.5. The standard InChI is InChI=1S/C40H36N2O8/c1-5-49-39(45)31-25-32(40(46)50-6-2)36(42(28-19-11-8-12-20-28)34-24-16-14-22-30(34)38(44)48-4)26-35(31)41(27-17-9-7-10-18-27)33-23-15-13-21-29(33)37(43)47-3/h7-26H,5-6H2,1-4H3. The van der Waals surface area contributed by atoms with E-state index in [1.165, 1.54) is 20.3 Å². The number of methoxy groups -OCH3 is 2. The topological polar surface area (TPSA) is 112 Å². The minimum Gasteiger partial charge on any atom is -0.465 e. The molecule has 0 bridgehead atoms. The van der Waals surface area contributed by atoms with E-state index in [0.717, 1.165) is 0 Å². The van der Waals surface area contributed by atoms with E-state index in [2.05, 4.69) is 0 Å². The lowest BCUT2D eigenvalue weighted by Crippen LogP contribution is -2.23. The first kappa shape index (κ1) is 34.9. The van der Waals surface area contributed by atoms with Crippen LogP contribution in [0.4, 0.5) is 34.1 Å². The minimum absolute atomic E-state index is 0.0245. The molecule has 0 aliphatic carbocycles. The van der Waals surface area contributed by atoms with E-state index in [1.807, 2.05) is 60.7 Å². The molecule has 5 aromatic rings. The summed E-state index contributed by atoms with van der Waals surface area (Å²) in [6.45, 7) is 3.48. The number of carbonyl (C=O) groups excluding carboxylic acids is 4. The highest BCUT2D eigenvalue weighted by atomic mass is 16.5. The van der Waals surface area contributed by atoms with Crippen molar-refractivity contribution >= 4 is 58.0 Å². The Morgan fingerprint density at radius 2 is 0.800 bits per heavy atom. The third-order valence-electron chi connectivity index (χ3n) is 7.72. The Labute approximate surface area is 290 Å². The molecule has 0 N–H and O–H groups in total. The van der Waals surface area contributed by atoms with Crippen molar-refractivity contribution in [3.05, 3.63) is 144 Å². The number of ether oxygens (including phenoxy) is 4. The SMILES string of the molecule is CCOC(=O)c1cc(C(=O)OCC)c(N(c2ccccc2)c2ccccc2C(=O)OC)cc1N(c1ccccc1)c1ccccc1C(=O)OC. The fraction of sp³-hybridized carbons (Fsp3) is 0.150. The van der Waals surface area contributed by atoms with Crippen LogP contribution in [0.1, 0.15) is 55.3 Å². The Hall–Kier alpha value is -6.42. The molecule has 0 aliphatic rings. The van der Waals surface area contributed by atoms with E-state index in [0.29, 0.717) is 22.7 Å². The third-order valence-corrected chi connectivity index (χ3v) is 7.72. The first-order valence-electron chi connectivity index (χ1n) is 15.9. The summed E-state index contributed by atoms with van der Waals surface area (Å²) in [5, 5.41) is 0. The second kappa shape index (κ2) is 16.1. The Bertz CT molecular complexity index is 1860. The molecule has 0 saturated heterocycles. The number of para-hydroxylation sites is 4. The molecule has 10 heteroatoms. The molecule has 0 unspecified atom stereocenters. The van der Waals surface area contributed by atoms with Crippen molar-refractivity contribution in [1.29, 1.82) is 0 Å². The predicted octanol–water partition coefficient (Wildman–Crippen LogP) is 8.55. The normalized spacial score (nSPS) is 10.5. The highest BCUT2D eigenvalue weighted by molar-refractivity contribution is 6.09. The van der Waals surface area contributed by atoms with Crippen molar-refractivity contribution in [2.24, 2.45) is 0 Å². The van der Waals surface area contributed by atoms with E-state index < -0.39 is 23.9 Å². The molecular weight excluding hydrogens is 636 g/mol. The molecule has 0 atom stereocenters. The predicted molar refractivity (Wildman–Crippen MR) is 190 cm³/mol. The van der Waals surface area contributed by atoms with Gasteiger partial charge in [-0.15, -0.1) is 0 Å². The summed E-state index contributed by atoms with van der Waals surface area (Å²) in [7, 11) is 2.58. The van der Waals surface area contributed by atoms with Gasteiger partial charge < -0.3 is 28.7 Å². The summed E-state index contributed by atoms with van der Waals surface area (Å²) in [5.41, 5.74) is 3.00. The molecule has 0 amide bonds. The highest BCUT2D eigenvalue weighted by Gasteiger charge is 2.31. The Morgan fingerprint density at radius 3 is 1.16 bits per heavy atom. The van der Waals surface area contributed by atoms with Gasteiger partial charge in [-0.05, 0) is 74.5 Å². The smallest absolute Gasteiger partial charge is 0.340 e. The van der Waals surface area contributed by atoms with E-state index in [-0.39, 0.29) is 46.8 Å². The maximum absolute atomic E-state index is 13.9.